The Bertz CT molecular complexity index is 1110. The minimum atomic E-state index is -0.671. The lowest BCUT2D eigenvalue weighted by Crippen LogP contribution is -2.33. The summed E-state index contributed by atoms with van der Waals surface area (Å²) >= 11 is 0. The zero-order valence-corrected chi connectivity index (χ0v) is 20.0. The normalized spacial score (nSPS) is 14.2. The van der Waals surface area contributed by atoms with Crippen molar-refractivity contribution in [2.24, 2.45) is 0 Å². The lowest BCUT2D eigenvalue weighted by molar-refractivity contribution is 0.0912. The van der Waals surface area contributed by atoms with Crippen LogP contribution in [0.2, 0.25) is 0 Å². The summed E-state index contributed by atoms with van der Waals surface area (Å²) in [5, 5.41) is 22.6. The van der Waals surface area contributed by atoms with Gasteiger partial charge in [0.05, 0.1) is 31.5 Å². The van der Waals surface area contributed by atoms with E-state index in [0.29, 0.717) is 22.4 Å². The van der Waals surface area contributed by atoms with Crippen LogP contribution in [0.5, 0.6) is 5.75 Å². The molecule has 4 N–H and O–H groups in total. The first kappa shape index (κ1) is 25.3. The van der Waals surface area contributed by atoms with Crippen molar-refractivity contribution in [2.45, 2.75) is 37.8 Å². The SMILES string of the molecule is COc1cc(-c2cn[nH]c2)ccc1C(=O)N[C@H](CO)c1cccc(C(=O)NC2CCCC2)c1.S. The molecule has 2 amide bonds. The highest BCUT2D eigenvalue weighted by Crippen LogP contribution is 2.27. The maximum absolute atomic E-state index is 13.0. The molecule has 9 heteroatoms. The van der Waals surface area contributed by atoms with Crippen molar-refractivity contribution in [3.05, 3.63) is 71.5 Å². The summed E-state index contributed by atoms with van der Waals surface area (Å²) in [6.45, 7) is -0.311. The number of aromatic nitrogens is 2. The number of aliphatic hydroxyl groups is 1. The molecule has 1 aliphatic rings. The van der Waals surface area contributed by atoms with E-state index in [1.165, 1.54) is 7.11 Å². The first-order chi connectivity index (χ1) is 16.1. The molecule has 0 unspecified atom stereocenters. The highest BCUT2D eigenvalue weighted by atomic mass is 32.1. The molecule has 8 nitrogen and oxygen atoms in total. The molecular weight excluding hydrogens is 452 g/mol. The molecular formula is C25H30N4O4S. The quantitative estimate of drug-likeness (QED) is 0.393. The van der Waals surface area contributed by atoms with Gasteiger partial charge in [0.1, 0.15) is 5.75 Å². The number of hydrogen-bond donors (Lipinski definition) is 4. The van der Waals surface area contributed by atoms with Gasteiger partial charge in [-0.05, 0) is 48.2 Å². The molecule has 34 heavy (non-hydrogen) atoms. The zero-order chi connectivity index (χ0) is 23.2. The lowest BCUT2D eigenvalue weighted by atomic mass is 10.0. The third kappa shape index (κ3) is 5.78. The van der Waals surface area contributed by atoms with E-state index in [9.17, 15) is 14.7 Å². The predicted octanol–water partition coefficient (Wildman–Crippen LogP) is 3.33. The summed E-state index contributed by atoms with van der Waals surface area (Å²) in [4.78, 5) is 25.6. The number of hydrogen-bond acceptors (Lipinski definition) is 5. The largest absolute Gasteiger partial charge is 0.496 e. The number of nitrogens with one attached hydrogen (secondary N) is 3. The number of nitrogens with zero attached hydrogens (tertiary/aromatic N) is 1. The summed E-state index contributed by atoms with van der Waals surface area (Å²) in [6, 6.07) is 11.8. The maximum atomic E-state index is 13.0. The molecule has 1 atom stereocenters. The van der Waals surface area contributed by atoms with E-state index < -0.39 is 6.04 Å². The molecule has 0 radical (unpaired) electrons. The van der Waals surface area contributed by atoms with Gasteiger partial charge in [0, 0.05) is 23.4 Å². The van der Waals surface area contributed by atoms with Crippen molar-refractivity contribution >= 4 is 25.3 Å². The number of ether oxygens (including phenoxy) is 1. The monoisotopic (exact) mass is 482 g/mol. The van der Waals surface area contributed by atoms with E-state index in [1.54, 1.807) is 48.8 Å². The van der Waals surface area contributed by atoms with Gasteiger partial charge >= 0.3 is 0 Å². The van der Waals surface area contributed by atoms with Crippen molar-refractivity contribution in [3.63, 3.8) is 0 Å². The highest BCUT2D eigenvalue weighted by Gasteiger charge is 2.21. The van der Waals surface area contributed by atoms with Gasteiger partial charge < -0.3 is 20.5 Å². The van der Waals surface area contributed by atoms with Crippen molar-refractivity contribution < 1.29 is 19.4 Å². The Morgan fingerprint density at radius 2 is 1.94 bits per heavy atom. The number of methoxy groups -OCH3 is 1. The number of aliphatic hydroxyl groups excluding tert-OH is 1. The van der Waals surface area contributed by atoms with Gasteiger partial charge in [0.25, 0.3) is 11.8 Å². The molecule has 1 aromatic heterocycles. The van der Waals surface area contributed by atoms with Gasteiger partial charge in [0.15, 0.2) is 0 Å². The van der Waals surface area contributed by atoms with Crippen molar-refractivity contribution in [1.82, 2.24) is 20.8 Å². The summed E-state index contributed by atoms with van der Waals surface area (Å²) in [7, 11) is 1.50. The van der Waals surface area contributed by atoms with Crippen LogP contribution >= 0.6 is 13.5 Å². The lowest BCUT2D eigenvalue weighted by Gasteiger charge is -2.19. The Morgan fingerprint density at radius 1 is 1.15 bits per heavy atom. The van der Waals surface area contributed by atoms with Crippen LogP contribution in [0.25, 0.3) is 11.1 Å². The fraction of sp³-hybridized carbons (Fsp3) is 0.320. The predicted molar refractivity (Wildman–Crippen MR) is 134 cm³/mol. The molecule has 4 rings (SSSR count). The van der Waals surface area contributed by atoms with E-state index >= 15 is 0 Å². The third-order valence-corrected chi connectivity index (χ3v) is 6.01. The van der Waals surface area contributed by atoms with Crippen molar-refractivity contribution in [2.75, 3.05) is 13.7 Å². The van der Waals surface area contributed by atoms with E-state index in [2.05, 4.69) is 20.8 Å². The molecule has 1 saturated carbocycles. The first-order valence-electron chi connectivity index (χ1n) is 11.1. The average molecular weight is 483 g/mol. The Hall–Kier alpha value is -3.30. The fourth-order valence-corrected chi connectivity index (χ4v) is 4.17. The second-order valence-electron chi connectivity index (χ2n) is 8.19. The van der Waals surface area contributed by atoms with Gasteiger partial charge in [-0.2, -0.15) is 18.6 Å². The topological polar surface area (TPSA) is 116 Å². The Kier molecular flexibility index (Phi) is 8.72. The van der Waals surface area contributed by atoms with Gasteiger partial charge in [0.2, 0.25) is 0 Å². The summed E-state index contributed by atoms with van der Waals surface area (Å²) in [6.07, 6.45) is 7.72. The van der Waals surface area contributed by atoms with E-state index in [-0.39, 0.29) is 38.0 Å². The molecule has 3 aromatic rings. The van der Waals surface area contributed by atoms with Crippen LogP contribution in [0.15, 0.2) is 54.9 Å². The Balaban J connectivity index is 0.00000324. The number of rotatable bonds is 8. The summed E-state index contributed by atoms with van der Waals surface area (Å²) in [5.41, 5.74) is 3.24. The van der Waals surface area contributed by atoms with Crippen LogP contribution in [-0.2, 0) is 0 Å². The van der Waals surface area contributed by atoms with Crippen molar-refractivity contribution in [3.8, 4) is 16.9 Å². The van der Waals surface area contributed by atoms with Crippen molar-refractivity contribution in [1.29, 1.82) is 0 Å². The number of amides is 2. The van der Waals surface area contributed by atoms with Gasteiger partial charge in [-0.3, -0.25) is 14.7 Å². The number of carbonyl (C=O) groups excluding carboxylic acids is 2. The maximum Gasteiger partial charge on any atom is 0.255 e. The molecule has 1 aliphatic carbocycles. The van der Waals surface area contributed by atoms with Crippen LogP contribution in [0, 0.1) is 0 Å². The van der Waals surface area contributed by atoms with E-state index in [4.69, 9.17) is 4.74 Å². The average Bonchev–Trinajstić information content (AvgIpc) is 3.56. The summed E-state index contributed by atoms with van der Waals surface area (Å²) in [5.74, 6) is -0.110. The van der Waals surface area contributed by atoms with E-state index in [1.807, 2.05) is 6.07 Å². The molecule has 180 valence electrons. The Morgan fingerprint density at radius 3 is 2.62 bits per heavy atom. The van der Waals surface area contributed by atoms with E-state index in [0.717, 1.165) is 36.8 Å². The zero-order valence-electron chi connectivity index (χ0n) is 19.0. The molecule has 0 saturated heterocycles. The number of H-pyrrole nitrogens is 1. The van der Waals surface area contributed by atoms with Crippen LogP contribution in [0.1, 0.15) is 58.0 Å². The first-order valence-corrected chi connectivity index (χ1v) is 11.1. The smallest absolute Gasteiger partial charge is 0.255 e. The minimum absolute atomic E-state index is 0. The van der Waals surface area contributed by atoms with Crippen LogP contribution in [0.3, 0.4) is 0 Å². The molecule has 1 fully saturated rings. The highest BCUT2D eigenvalue weighted by molar-refractivity contribution is 7.59. The standard InChI is InChI=1S/C25H28N4O4.H2S/c1-33-23-12-16(19-13-26-27-14-19)9-10-21(23)25(32)29-22(15-30)17-5-4-6-18(11-17)24(31)28-20-7-2-3-8-20;/h4-6,9-14,20,22,30H,2-3,7-8,15H2,1H3,(H,26,27)(H,28,31)(H,29,32);1H2/t22-;/m1./s1. The Labute approximate surface area is 205 Å². The number of carbonyl (C=O) groups is 2. The summed E-state index contributed by atoms with van der Waals surface area (Å²) < 4.78 is 5.43. The number of aromatic amines is 1. The molecule has 0 spiro atoms. The van der Waals surface area contributed by atoms with Crippen LogP contribution in [-0.4, -0.2) is 46.9 Å². The molecule has 0 aliphatic heterocycles. The minimum Gasteiger partial charge on any atom is -0.496 e. The van der Waals surface area contributed by atoms with Crippen LogP contribution in [0.4, 0.5) is 0 Å². The molecule has 0 bridgehead atoms. The van der Waals surface area contributed by atoms with Gasteiger partial charge in [-0.1, -0.05) is 31.0 Å². The third-order valence-electron chi connectivity index (χ3n) is 6.01. The second kappa shape index (κ2) is 11.7. The molecule has 2 aromatic carbocycles. The fourth-order valence-electron chi connectivity index (χ4n) is 4.17. The second-order valence-corrected chi connectivity index (χ2v) is 8.19. The molecule has 1 heterocycles. The van der Waals surface area contributed by atoms with Gasteiger partial charge in [-0.15, -0.1) is 0 Å². The van der Waals surface area contributed by atoms with Gasteiger partial charge in [-0.25, -0.2) is 0 Å². The number of benzene rings is 2. The van der Waals surface area contributed by atoms with Crippen LogP contribution < -0.4 is 15.4 Å².